The van der Waals surface area contributed by atoms with E-state index >= 15 is 0 Å². The SMILES string of the molecule is CCNC(COC(C)(C)C)C1CC1c1ccccc1. The summed E-state index contributed by atoms with van der Waals surface area (Å²) in [6.45, 7) is 10.4. The molecule has 1 fully saturated rings. The zero-order chi connectivity index (χ0) is 13.9. The maximum atomic E-state index is 5.97. The summed E-state index contributed by atoms with van der Waals surface area (Å²) in [5.41, 5.74) is 1.43. The van der Waals surface area contributed by atoms with Crippen LogP contribution in [0.25, 0.3) is 0 Å². The fourth-order valence-electron chi connectivity index (χ4n) is 2.68. The second-order valence-corrected chi connectivity index (χ2v) is 6.50. The predicted molar refractivity (Wildman–Crippen MR) is 80.5 cm³/mol. The number of rotatable bonds is 6. The molecule has 2 heteroatoms. The highest BCUT2D eigenvalue weighted by molar-refractivity contribution is 5.26. The second kappa shape index (κ2) is 6.06. The van der Waals surface area contributed by atoms with Crippen LogP contribution in [0.1, 0.15) is 45.6 Å². The van der Waals surface area contributed by atoms with Gasteiger partial charge in [0.2, 0.25) is 0 Å². The molecule has 1 aromatic carbocycles. The van der Waals surface area contributed by atoms with E-state index in [1.165, 1.54) is 12.0 Å². The van der Waals surface area contributed by atoms with Crippen LogP contribution in [-0.4, -0.2) is 24.8 Å². The van der Waals surface area contributed by atoms with Crippen LogP contribution in [0.3, 0.4) is 0 Å². The summed E-state index contributed by atoms with van der Waals surface area (Å²) in [5.74, 6) is 1.44. The Morgan fingerprint density at radius 2 is 1.95 bits per heavy atom. The lowest BCUT2D eigenvalue weighted by atomic mass is 10.1. The molecule has 106 valence electrons. The van der Waals surface area contributed by atoms with Crippen LogP contribution in [-0.2, 0) is 4.74 Å². The lowest BCUT2D eigenvalue weighted by Gasteiger charge is -2.25. The van der Waals surface area contributed by atoms with Crippen molar-refractivity contribution in [3.8, 4) is 0 Å². The van der Waals surface area contributed by atoms with Gasteiger partial charge in [-0.2, -0.15) is 0 Å². The number of hydrogen-bond acceptors (Lipinski definition) is 2. The van der Waals surface area contributed by atoms with Gasteiger partial charge >= 0.3 is 0 Å². The topological polar surface area (TPSA) is 21.3 Å². The van der Waals surface area contributed by atoms with Crippen LogP contribution in [0, 0.1) is 5.92 Å². The summed E-state index contributed by atoms with van der Waals surface area (Å²) >= 11 is 0. The molecule has 1 aliphatic carbocycles. The maximum absolute atomic E-state index is 5.97. The number of hydrogen-bond donors (Lipinski definition) is 1. The fourth-order valence-corrected chi connectivity index (χ4v) is 2.68. The third-order valence-corrected chi connectivity index (χ3v) is 3.75. The monoisotopic (exact) mass is 261 g/mol. The Balaban J connectivity index is 1.91. The number of ether oxygens (including phenoxy) is 1. The van der Waals surface area contributed by atoms with Crippen LogP contribution in [0.15, 0.2) is 30.3 Å². The summed E-state index contributed by atoms with van der Waals surface area (Å²) < 4.78 is 5.97. The molecule has 1 N–H and O–H groups in total. The second-order valence-electron chi connectivity index (χ2n) is 6.50. The number of nitrogens with one attached hydrogen (secondary N) is 1. The lowest BCUT2D eigenvalue weighted by Crippen LogP contribution is -2.38. The molecule has 19 heavy (non-hydrogen) atoms. The molecule has 0 aromatic heterocycles. The summed E-state index contributed by atoms with van der Waals surface area (Å²) in [5, 5.41) is 3.59. The molecule has 0 saturated heterocycles. The normalized spacial score (nSPS) is 24.2. The molecule has 0 heterocycles. The van der Waals surface area contributed by atoms with Gasteiger partial charge in [0.1, 0.15) is 0 Å². The number of likely N-dealkylation sites (N-methyl/N-ethyl adjacent to an activating group) is 1. The minimum atomic E-state index is -0.0508. The molecule has 1 aliphatic rings. The summed E-state index contributed by atoms with van der Waals surface area (Å²) in [7, 11) is 0. The molecule has 0 radical (unpaired) electrons. The van der Waals surface area contributed by atoms with E-state index in [-0.39, 0.29) is 5.60 Å². The highest BCUT2D eigenvalue weighted by Gasteiger charge is 2.43. The van der Waals surface area contributed by atoms with Gasteiger partial charge in [0.05, 0.1) is 12.2 Å². The quantitative estimate of drug-likeness (QED) is 0.845. The summed E-state index contributed by atoms with van der Waals surface area (Å²) in [6.07, 6.45) is 1.29. The molecule has 3 unspecified atom stereocenters. The molecule has 2 rings (SSSR count). The highest BCUT2D eigenvalue weighted by Crippen LogP contribution is 2.49. The minimum Gasteiger partial charge on any atom is -0.374 e. The number of benzene rings is 1. The molecule has 0 amide bonds. The summed E-state index contributed by atoms with van der Waals surface area (Å²) in [6, 6.07) is 11.3. The first-order valence-corrected chi connectivity index (χ1v) is 7.43. The van der Waals surface area contributed by atoms with Crippen molar-refractivity contribution in [3.63, 3.8) is 0 Å². The van der Waals surface area contributed by atoms with Gasteiger partial charge < -0.3 is 10.1 Å². The van der Waals surface area contributed by atoms with Gasteiger partial charge in [-0.1, -0.05) is 37.3 Å². The van der Waals surface area contributed by atoms with Crippen molar-refractivity contribution in [3.05, 3.63) is 35.9 Å². The third-order valence-electron chi connectivity index (χ3n) is 3.75. The van der Waals surface area contributed by atoms with Crippen molar-refractivity contribution >= 4 is 0 Å². The van der Waals surface area contributed by atoms with Crippen LogP contribution in [0.4, 0.5) is 0 Å². The molecular weight excluding hydrogens is 234 g/mol. The Morgan fingerprint density at radius 1 is 1.26 bits per heavy atom. The van der Waals surface area contributed by atoms with E-state index in [1.54, 1.807) is 0 Å². The minimum absolute atomic E-state index is 0.0508. The van der Waals surface area contributed by atoms with Crippen molar-refractivity contribution in [2.24, 2.45) is 5.92 Å². The Bertz CT molecular complexity index is 382. The van der Waals surface area contributed by atoms with Gasteiger partial charge in [0, 0.05) is 6.04 Å². The van der Waals surface area contributed by atoms with E-state index in [1.807, 2.05) is 0 Å². The molecule has 2 nitrogen and oxygen atoms in total. The highest BCUT2D eigenvalue weighted by atomic mass is 16.5. The standard InChI is InChI=1S/C17H27NO/c1-5-18-16(12-19-17(2,3)4)15-11-14(15)13-9-7-6-8-10-13/h6-10,14-16,18H,5,11-12H2,1-4H3. The van der Waals surface area contributed by atoms with Gasteiger partial charge in [-0.3, -0.25) is 0 Å². The van der Waals surface area contributed by atoms with E-state index in [9.17, 15) is 0 Å². The fraction of sp³-hybridized carbons (Fsp3) is 0.647. The predicted octanol–water partition coefficient (Wildman–Crippen LogP) is 3.58. The average molecular weight is 261 g/mol. The molecule has 0 aliphatic heterocycles. The molecule has 3 atom stereocenters. The van der Waals surface area contributed by atoms with Gasteiger partial charge in [-0.05, 0) is 51.1 Å². The van der Waals surface area contributed by atoms with Crippen molar-refractivity contribution in [1.29, 1.82) is 0 Å². The van der Waals surface area contributed by atoms with Crippen LogP contribution in [0.2, 0.25) is 0 Å². The Labute approximate surface area is 117 Å². The molecular formula is C17H27NO. The molecule has 0 bridgehead atoms. The smallest absolute Gasteiger partial charge is 0.0629 e. The zero-order valence-electron chi connectivity index (χ0n) is 12.6. The van der Waals surface area contributed by atoms with Crippen LogP contribution < -0.4 is 5.32 Å². The van der Waals surface area contributed by atoms with E-state index in [2.05, 4.69) is 63.3 Å². The maximum Gasteiger partial charge on any atom is 0.0629 e. The largest absolute Gasteiger partial charge is 0.374 e. The summed E-state index contributed by atoms with van der Waals surface area (Å²) in [4.78, 5) is 0. The lowest BCUT2D eigenvalue weighted by molar-refractivity contribution is -0.0172. The van der Waals surface area contributed by atoms with Gasteiger partial charge in [-0.15, -0.1) is 0 Å². The third kappa shape index (κ3) is 4.32. The van der Waals surface area contributed by atoms with Gasteiger partial charge in [-0.25, -0.2) is 0 Å². The average Bonchev–Trinajstić information content (AvgIpc) is 3.14. The molecule has 1 saturated carbocycles. The van der Waals surface area contributed by atoms with Crippen molar-refractivity contribution in [1.82, 2.24) is 5.32 Å². The van der Waals surface area contributed by atoms with Gasteiger partial charge in [0.25, 0.3) is 0 Å². The van der Waals surface area contributed by atoms with E-state index < -0.39 is 0 Å². The Kier molecular flexibility index (Phi) is 4.64. The molecule has 0 spiro atoms. The van der Waals surface area contributed by atoms with Crippen molar-refractivity contribution in [2.45, 2.75) is 51.7 Å². The van der Waals surface area contributed by atoms with Crippen molar-refractivity contribution < 1.29 is 4.74 Å². The van der Waals surface area contributed by atoms with E-state index in [0.717, 1.165) is 19.1 Å². The molecule has 1 aromatic rings. The Morgan fingerprint density at radius 3 is 2.53 bits per heavy atom. The first kappa shape index (κ1) is 14.5. The Hall–Kier alpha value is -0.860. The van der Waals surface area contributed by atoms with Gasteiger partial charge in [0.15, 0.2) is 0 Å². The van der Waals surface area contributed by atoms with Crippen molar-refractivity contribution in [2.75, 3.05) is 13.2 Å². The van der Waals surface area contributed by atoms with E-state index in [0.29, 0.717) is 12.0 Å². The van der Waals surface area contributed by atoms with E-state index in [4.69, 9.17) is 4.74 Å². The zero-order valence-corrected chi connectivity index (χ0v) is 12.6. The van der Waals surface area contributed by atoms with Crippen LogP contribution >= 0.6 is 0 Å². The first-order chi connectivity index (χ1) is 9.01. The van der Waals surface area contributed by atoms with Crippen LogP contribution in [0.5, 0.6) is 0 Å². The first-order valence-electron chi connectivity index (χ1n) is 7.43.